The Bertz CT molecular complexity index is 1380. The summed E-state index contributed by atoms with van der Waals surface area (Å²) in [5.41, 5.74) is 1.61. The lowest BCUT2D eigenvalue weighted by Crippen LogP contribution is -2.46. The van der Waals surface area contributed by atoms with Crippen molar-refractivity contribution in [2.45, 2.75) is 39.8 Å². The van der Waals surface area contributed by atoms with E-state index in [1.807, 2.05) is 12.1 Å². The minimum Gasteiger partial charge on any atom is -0.484 e. The fourth-order valence-corrected chi connectivity index (χ4v) is 3.81. The van der Waals surface area contributed by atoms with Crippen molar-refractivity contribution in [3.63, 3.8) is 0 Å². The van der Waals surface area contributed by atoms with Crippen molar-refractivity contribution in [2.24, 2.45) is 5.41 Å². The maximum atomic E-state index is 14.4. The third-order valence-electron chi connectivity index (χ3n) is 6.22. The average Bonchev–Trinajstić information content (AvgIpc) is 3.28. The van der Waals surface area contributed by atoms with Gasteiger partial charge in [0.1, 0.15) is 23.5 Å². The number of benzene rings is 3. The Morgan fingerprint density at radius 3 is 2.50 bits per heavy atom. The molecule has 0 radical (unpaired) electrons. The van der Waals surface area contributed by atoms with Crippen molar-refractivity contribution in [3.8, 4) is 11.4 Å². The van der Waals surface area contributed by atoms with Crippen LogP contribution in [0.2, 0.25) is 0 Å². The predicted octanol–water partition coefficient (Wildman–Crippen LogP) is 5.26. The molecule has 0 fully saturated rings. The molecule has 0 aliphatic carbocycles. The zero-order chi connectivity index (χ0) is 26.0. The number of hydrogen-bond acceptors (Lipinski definition) is 4. The Kier molecular flexibility index (Phi) is 7.08. The van der Waals surface area contributed by atoms with E-state index in [0.717, 1.165) is 16.6 Å². The Labute approximate surface area is 208 Å². The molecule has 2 atom stereocenters. The predicted molar refractivity (Wildman–Crippen MR) is 134 cm³/mol. The summed E-state index contributed by atoms with van der Waals surface area (Å²) in [7, 11) is 0. The van der Waals surface area contributed by atoms with Gasteiger partial charge in [0.15, 0.2) is 0 Å². The molecule has 4 rings (SSSR count). The molecule has 0 aliphatic rings. The molecule has 0 spiro atoms. The number of carbonyl (C=O) groups excluding carboxylic acids is 1. The second-order valence-electron chi connectivity index (χ2n) is 9.60. The van der Waals surface area contributed by atoms with E-state index in [9.17, 15) is 18.7 Å². The van der Waals surface area contributed by atoms with Crippen molar-refractivity contribution >= 4 is 16.8 Å². The summed E-state index contributed by atoms with van der Waals surface area (Å²) in [6.45, 7) is 6.42. The van der Waals surface area contributed by atoms with Crippen LogP contribution in [0.3, 0.4) is 0 Å². The normalized spacial score (nSPS) is 13.4. The smallest absolute Gasteiger partial charge is 0.228 e. The van der Waals surface area contributed by atoms with E-state index in [0.29, 0.717) is 16.9 Å². The molecule has 1 heterocycles. The first kappa shape index (κ1) is 25.3. The number of halogens is 2. The van der Waals surface area contributed by atoms with E-state index in [-0.39, 0.29) is 24.1 Å². The lowest BCUT2D eigenvalue weighted by Gasteiger charge is -2.30. The molecule has 36 heavy (non-hydrogen) atoms. The third-order valence-corrected chi connectivity index (χ3v) is 6.22. The summed E-state index contributed by atoms with van der Waals surface area (Å²) in [5, 5.41) is 17.7. The molecule has 0 aliphatic heterocycles. The van der Waals surface area contributed by atoms with Gasteiger partial charge in [-0.2, -0.15) is 5.10 Å². The van der Waals surface area contributed by atoms with Crippen molar-refractivity contribution in [3.05, 3.63) is 89.6 Å². The molecule has 0 saturated heterocycles. The molecule has 0 bridgehead atoms. The number of aromatic nitrogens is 2. The maximum absolute atomic E-state index is 14.4. The van der Waals surface area contributed by atoms with Gasteiger partial charge in [0, 0.05) is 5.39 Å². The van der Waals surface area contributed by atoms with Gasteiger partial charge >= 0.3 is 0 Å². The van der Waals surface area contributed by atoms with E-state index in [4.69, 9.17) is 4.74 Å². The van der Waals surface area contributed by atoms with E-state index in [1.165, 1.54) is 18.2 Å². The van der Waals surface area contributed by atoms with Gasteiger partial charge < -0.3 is 15.2 Å². The Morgan fingerprint density at radius 2 is 1.83 bits per heavy atom. The maximum Gasteiger partial charge on any atom is 0.228 e. The summed E-state index contributed by atoms with van der Waals surface area (Å²) >= 11 is 0. The van der Waals surface area contributed by atoms with E-state index < -0.39 is 17.6 Å². The van der Waals surface area contributed by atoms with Gasteiger partial charge in [0.2, 0.25) is 5.91 Å². The number of nitrogens with zero attached hydrogens (tertiary/aromatic N) is 2. The first-order chi connectivity index (χ1) is 17.1. The fraction of sp³-hybridized carbons (Fsp3) is 0.286. The van der Waals surface area contributed by atoms with Crippen LogP contribution in [0.4, 0.5) is 8.78 Å². The minimum absolute atomic E-state index is 0.315. The molecule has 1 amide bonds. The summed E-state index contributed by atoms with van der Waals surface area (Å²) in [6, 6.07) is 15.8. The molecular formula is C28H29F2N3O3. The fourth-order valence-electron chi connectivity index (χ4n) is 3.81. The SMILES string of the molecule is Cc1ccc(C(Oc2ccc3c(cnn3-c3ccc(F)cc3)c2)[C@H](C)NC(=O)C(C)(C)CO)cc1F. The van der Waals surface area contributed by atoms with Gasteiger partial charge in [0.05, 0.1) is 35.5 Å². The van der Waals surface area contributed by atoms with Crippen LogP contribution in [0.1, 0.15) is 38.0 Å². The van der Waals surface area contributed by atoms with Crippen LogP contribution in [0.5, 0.6) is 5.75 Å². The standard InChI is InChI=1S/C28H29F2N3O3/c1-17-5-6-19(14-24(17)30)26(18(2)32-27(35)28(3,4)16-34)36-23-11-12-25-20(13-23)15-31-33(25)22-9-7-21(29)8-10-22/h5-15,18,26,34H,16H2,1-4H3,(H,32,35)/t18-,26?/m0/s1. The number of aryl methyl sites for hydroxylation is 1. The Balaban J connectivity index is 1.65. The molecule has 1 aromatic heterocycles. The van der Waals surface area contributed by atoms with E-state index in [1.54, 1.807) is 68.9 Å². The molecule has 188 valence electrons. The molecule has 8 heteroatoms. The van der Waals surface area contributed by atoms with Crippen molar-refractivity contribution in [1.29, 1.82) is 0 Å². The van der Waals surface area contributed by atoms with E-state index >= 15 is 0 Å². The van der Waals surface area contributed by atoms with Gasteiger partial charge in [-0.1, -0.05) is 12.1 Å². The number of hydrogen-bond donors (Lipinski definition) is 2. The number of fused-ring (bicyclic) bond motifs is 1. The highest BCUT2D eigenvalue weighted by Gasteiger charge is 2.31. The van der Waals surface area contributed by atoms with Crippen molar-refractivity contribution in [1.82, 2.24) is 15.1 Å². The zero-order valence-corrected chi connectivity index (χ0v) is 20.6. The van der Waals surface area contributed by atoms with E-state index in [2.05, 4.69) is 10.4 Å². The van der Waals surface area contributed by atoms with Gasteiger partial charge in [-0.05, 0) is 87.4 Å². The molecule has 3 aromatic carbocycles. The van der Waals surface area contributed by atoms with Crippen LogP contribution >= 0.6 is 0 Å². The number of amides is 1. The van der Waals surface area contributed by atoms with Crippen LogP contribution in [0.15, 0.2) is 66.9 Å². The monoisotopic (exact) mass is 493 g/mol. The minimum atomic E-state index is -0.981. The second-order valence-corrected chi connectivity index (χ2v) is 9.60. The Morgan fingerprint density at radius 1 is 1.11 bits per heavy atom. The molecule has 0 saturated carbocycles. The summed E-state index contributed by atoms with van der Waals surface area (Å²) in [6.07, 6.45) is 0.976. The topological polar surface area (TPSA) is 76.4 Å². The lowest BCUT2D eigenvalue weighted by atomic mass is 9.92. The number of aliphatic hydroxyl groups is 1. The van der Waals surface area contributed by atoms with Gasteiger partial charge in [-0.3, -0.25) is 4.79 Å². The second kappa shape index (κ2) is 10.1. The third kappa shape index (κ3) is 5.23. The highest BCUT2D eigenvalue weighted by atomic mass is 19.1. The van der Waals surface area contributed by atoms with Crippen molar-refractivity contribution < 1.29 is 23.4 Å². The number of nitrogens with one attached hydrogen (secondary N) is 1. The molecule has 1 unspecified atom stereocenters. The Hall–Kier alpha value is -3.78. The van der Waals surface area contributed by atoms with Crippen LogP contribution < -0.4 is 10.1 Å². The average molecular weight is 494 g/mol. The first-order valence-corrected chi connectivity index (χ1v) is 11.7. The largest absolute Gasteiger partial charge is 0.484 e. The van der Waals surface area contributed by atoms with Crippen LogP contribution in [-0.4, -0.2) is 33.4 Å². The molecule has 4 aromatic rings. The molecule has 6 nitrogen and oxygen atoms in total. The van der Waals surface area contributed by atoms with Crippen LogP contribution in [0, 0.1) is 24.0 Å². The quantitative estimate of drug-likeness (QED) is 0.351. The van der Waals surface area contributed by atoms with Gasteiger partial charge in [-0.25, -0.2) is 13.5 Å². The van der Waals surface area contributed by atoms with Crippen LogP contribution in [-0.2, 0) is 4.79 Å². The number of carbonyl (C=O) groups is 1. The molecule has 2 N–H and O–H groups in total. The highest BCUT2D eigenvalue weighted by Crippen LogP contribution is 2.30. The zero-order valence-electron chi connectivity index (χ0n) is 20.6. The summed E-state index contributed by atoms with van der Waals surface area (Å²) in [5.74, 6) is -0.524. The number of aliphatic hydroxyl groups excluding tert-OH is 1. The lowest BCUT2D eigenvalue weighted by molar-refractivity contribution is -0.132. The van der Waals surface area contributed by atoms with Gasteiger partial charge in [-0.15, -0.1) is 0 Å². The highest BCUT2D eigenvalue weighted by molar-refractivity contribution is 5.82. The summed E-state index contributed by atoms with van der Waals surface area (Å²) in [4.78, 5) is 12.7. The first-order valence-electron chi connectivity index (χ1n) is 11.7. The number of rotatable bonds is 8. The van der Waals surface area contributed by atoms with Gasteiger partial charge in [0.25, 0.3) is 0 Å². The van der Waals surface area contributed by atoms with Crippen LogP contribution in [0.25, 0.3) is 16.6 Å². The molecular weight excluding hydrogens is 464 g/mol. The summed E-state index contributed by atoms with van der Waals surface area (Å²) < 4.78 is 35.8. The number of ether oxygens (including phenoxy) is 1. The van der Waals surface area contributed by atoms with Crippen molar-refractivity contribution in [2.75, 3.05) is 6.61 Å².